The summed E-state index contributed by atoms with van der Waals surface area (Å²) in [6.07, 6.45) is 2.98. The summed E-state index contributed by atoms with van der Waals surface area (Å²) in [6, 6.07) is 14.1. The molecule has 4 rings (SSSR count). The normalized spacial score (nSPS) is 11.6. The molecule has 8 heteroatoms. The Bertz CT molecular complexity index is 1170. The molecule has 8 nitrogen and oxygen atoms in total. The first-order valence-corrected chi connectivity index (χ1v) is 10.2. The number of hydrogen-bond donors (Lipinski definition) is 4. The van der Waals surface area contributed by atoms with Crippen LogP contribution in [0.5, 0.6) is 5.75 Å². The van der Waals surface area contributed by atoms with Crippen LogP contribution in [0.3, 0.4) is 0 Å². The van der Waals surface area contributed by atoms with Gasteiger partial charge in [-0.2, -0.15) is 5.10 Å². The van der Waals surface area contributed by atoms with Gasteiger partial charge in [0.25, 0.3) is 0 Å². The van der Waals surface area contributed by atoms with Crippen molar-refractivity contribution in [1.29, 1.82) is 0 Å². The fourth-order valence-electron chi connectivity index (χ4n) is 3.45. The number of rotatable bonds is 7. The van der Waals surface area contributed by atoms with Crippen molar-refractivity contribution in [2.24, 2.45) is 4.99 Å². The summed E-state index contributed by atoms with van der Waals surface area (Å²) in [5, 5.41) is 15.2. The first-order chi connectivity index (χ1) is 15.2. The molecule has 0 radical (unpaired) electrons. The van der Waals surface area contributed by atoms with E-state index in [0.717, 1.165) is 36.1 Å². The van der Waals surface area contributed by atoms with E-state index in [1.54, 1.807) is 14.2 Å². The number of aromatic amines is 2. The highest BCUT2D eigenvalue weighted by molar-refractivity contribution is 5.84. The Kier molecular flexibility index (Phi) is 6.16. The topological polar surface area (TPSA) is 103 Å². The lowest BCUT2D eigenvalue weighted by Gasteiger charge is -2.10. The summed E-state index contributed by atoms with van der Waals surface area (Å²) in [7, 11) is 3.40. The standard InChI is InChI=1S/C23H27N7O/c1-15-4-9-19-17(13-26-20(19)12-15)10-11-25-23(24-2)27-14-21-28-22(30-29-21)16-5-7-18(31-3)8-6-16/h4-9,12-13,26H,10-11,14H2,1-3H3,(H2,24,25,27)(H,28,29,30). The summed E-state index contributed by atoms with van der Waals surface area (Å²) < 4.78 is 5.19. The van der Waals surface area contributed by atoms with Gasteiger partial charge in [0.1, 0.15) is 11.6 Å². The van der Waals surface area contributed by atoms with Gasteiger partial charge in [-0.1, -0.05) is 12.1 Å². The molecule has 0 fully saturated rings. The number of fused-ring (bicyclic) bond motifs is 1. The Morgan fingerprint density at radius 1 is 1.13 bits per heavy atom. The van der Waals surface area contributed by atoms with Crippen molar-refractivity contribution in [1.82, 2.24) is 30.8 Å². The second-order valence-corrected chi connectivity index (χ2v) is 7.30. The zero-order valence-corrected chi connectivity index (χ0v) is 18.0. The number of benzene rings is 2. The van der Waals surface area contributed by atoms with Crippen molar-refractivity contribution in [2.75, 3.05) is 20.7 Å². The Labute approximate surface area is 181 Å². The van der Waals surface area contributed by atoms with Gasteiger partial charge in [-0.05, 0) is 54.8 Å². The highest BCUT2D eigenvalue weighted by Crippen LogP contribution is 2.20. The fraction of sp³-hybridized carbons (Fsp3) is 0.261. The number of methoxy groups -OCH3 is 1. The number of guanidine groups is 1. The molecular formula is C23H27N7O. The van der Waals surface area contributed by atoms with Crippen LogP contribution in [0.15, 0.2) is 53.7 Å². The van der Waals surface area contributed by atoms with Gasteiger partial charge < -0.3 is 20.4 Å². The number of aryl methyl sites for hydroxylation is 1. The van der Waals surface area contributed by atoms with Gasteiger partial charge in [-0.15, -0.1) is 0 Å². The minimum Gasteiger partial charge on any atom is -0.497 e. The van der Waals surface area contributed by atoms with Crippen molar-refractivity contribution in [2.45, 2.75) is 19.9 Å². The maximum atomic E-state index is 5.19. The zero-order valence-electron chi connectivity index (χ0n) is 18.0. The van der Waals surface area contributed by atoms with Crippen molar-refractivity contribution >= 4 is 16.9 Å². The average Bonchev–Trinajstić information content (AvgIpc) is 3.43. The third-order valence-electron chi connectivity index (χ3n) is 5.14. The molecule has 2 heterocycles. The van der Waals surface area contributed by atoms with Gasteiger partial charge in [0.05, 0.1) is 13.7 Å². The van der Waals surface area contributed by atoms with Gasteiger partial charge in [0.15, 0.2) is 11.8 Å². The molecule has 0 aliphatic rings. The second kappa shape index (κ2) is 9.34. The maximum Gasteiger partial charge on any atom is 0.191 e. The molecule has 2 aromatic heterocycles. The number of aliphatic imine (C=N–C) groups is 1. The molecule has 0 saturated heterocycles. The molecule has 4 N–H and O–H groups in total. The molecule has 0 spiro atoms. The van der Waals surface area contributed by atoms with Crippen LogP contribution in [-0.2, 0) is 13.0 Å². The lowest BCUT2D eigenvalue weighted by Crippen LogP contribution is -2.38. The number of nitrogens with one attached hydrogen (secondary N) is 4. The van der Waals surface area contributed by atoms with Crippen LogP contribution in [0.1, 0.15) is 17.0 Å². The van der Waals surface area contributed by atoms with E-state index in [4.69, 9.17) is 4.74 Å². The van der Waals surface area contributed by atoms with E-state index in [1.165, 1.54) is 22.0 Å². The smallest absolute Gasteiger partial charge is 0.191 e. The van der Waals surface area contributed by atoms with Gasteiger partial charge in [-0.25, -0.2) is 4.98 Å². The molecule has 0 aliphatic heterocycles. The Morgan fingerprint density at radius 2 is 1.97 bits per heavy atom. The van der Waals surface area contributed by atoms with Crippen LogP contribution in [0, 0.1) is 6.92 Å². The Balaban J connectivity index is 1.29. The molecule has 0 atom stereocenters. The van der Waals surface area contributed by atoms with Gasteiger partial charge in [-0.3, -0.25) is 10.1 Å². The molecule has 0 bridgehead atoms. The average molecular weight is 418 g/mol. The lowest BCUT2D eigenvalue weighted by molar-refractivity contribution is 0.415. The fourth-order valence-corrected chi connectivity index (χ4v) is 3.45. The minimum atomic E-state index is 0.495. The van der Waals surface area contributed by atoms with Crippen LogP contribution >= 0.6 is 0 Å². The van der Waals surface area contributed by atoms with E-state index < -0.39 is 0 Å². The molecule has 160 valence electrons. The lowest BCUT2D eigenvalue weighted by atomic mass is 10.1. The van der Waals surface area contributed by atoms with Crippen LogP contribution in [-0.4, -0.2) is 46.8 Å². The van der Waals surface area contributed by atoms with E-state index in [1.807, 2.05) is 24.3 Å². The van der Waals surface area contributed by atoms with E-state index in [-0.39, 0.29) is 0 Å². The summed E-state index contributed by atoms with van der Waals surface area (Å²) in [6.45, 7) is 3.37. The zero-order chi connectivity index (χ0) is 21.6. The highest BCUT2D eigenvalue weighted by atomic mass is 16.5. The predicted octanol–water partition coefficient (Wildman–Crippen LogP) is 3.18. The van der Waals surface area contributed by atoms with Crippen LogP contribution < -0.4 is 15.4 Å². The monoisotopic (exact) mass is 417 g/mol. The van der Waals surface area contributed by atoms with E-state index in [2.05, 4.69) is 67.1 Å². The summed E-state index contributed by atoms with van der Waals surface area (Å²) >= 11 is 0. The molecule has 31 heavy (non-hydrogen) atoms. The van der Waals surface area contributed by atoms with Gasteiger partial charge in [0, 0.05) is 36.3 Å². The molecule has 0 amide bonds. The first-order valence-electron chi connectivity index (χ1n) is 10.2. The van der Waals surface area contributed by atoms with Crippen LogP contribution in [0.2, 0.25) is 0 Å². The third kappa shape index (κ3) is 4.85. The highest BCUT2D eigenvalue weighted by Gasteiger charge is 2.08. The molecule has 0 unspecified atom stereocenters. The maximum absolute atomic E-state index is 5.19. The number of nitrogens with zero attached hydrogens (tertiary/aromatic N) is 3. The summed E-state index contributed by atoms with van der Waals surface area (Å²) in [5.74, 6) is 2.91. The largest absolute Gasteiger partial charge is 0.497 e. The van der Waals surface area contributed by atoms with E-state index >= 15 is 0 Å². The summed E-state index contributed by atoms with van der Waals surface area (Å²) in [5.41, 5.74) is 4.65. The van der Waals surface area contributed by atoms with Crippen molar-refractivity contribution < 1.29 is 4.74 Å². The van der Waals surface area contributed by atoms with Gasteiger partial charge >= 0.3 is 0 Å². The molecule has 0 saturated carbocycles. The second-order valence-electron chi connectivity index (χ2n) is 7.30. The number of aromatic nitrogens is 4. The van der Waals surface area contributed by atoms with E-state index in [9.17, 15) is 0 Å². The SMILES string of the molecule is CN=C(NCCc1c[nH]c2cc(C)ccc12)NCc1nc(-c2ccc(OC)cc2)n[nH]1. The van der Waals surface area contributed by atoms with Crippen LogP contribution in [0.25, 0.3) is 22.3 Å². The number of H-pyrrole nitrogens is 2. The third-order valence-corrected chi connectivity index (χ3v) is 5.14. The number of ether oxygens (including phenoxy) is 1. The molecule has 4 aromatic rings. The van der Waals surface area contributed by atoms with Crippen molar-refractivity contribution in [3.8, 4) is 17.1 Å². The summed E-state index contributed by atoms with van der Waals surface area (Å²) in [4.78, 5) is 12.2. The Morgan fingerprint density at radius 3 is 2.74 bits per heavy atom. The molecule has 0 aliphatic carbocycles. The number of hydrogen-bond acceptors (Lipinski definition) is 4. The van der Waals surface area contributed by atoms with Crippen molar-refractivity contribution in [3.63, 3.8) is 0 Å². The quantitative estimate of drug-likeness (QED) is 0.273. The minimum absolute atomic E-state index is 0.495. The first kappa shape index (κ1) is 20.5. The van der Waals surface area contributed by atoms with Gasteiger partial charge in [0.2, 0.25) is 0 Å². The Hall–Kier alpha value is -3.81. The predicted molar refractivity (Wildman–Crippen MR) is 123 cm³/mol. The molecule has 2 aromatic carbocycles. The van der Waals surface area contributed by atoms with E-state index in [0.29, 0.717) is 12.4 Å². The molecular weight excluding hydrogens is 390 g/mol. The van der Waals surface area contributed by atoms with Crippen molar-refractivity contribution in [3.05, 3.63) is 65.6 Å². The van der Waals surface area contributed by atoms with Crippen LogP contribution in [0.4, 0.5) is 0 Å².